The molecule has 2 fully saturated rings. The Morgan fingerprint density at radius 2 is 1.71 bits per heavy atom. The summed E-state index contributed by atoms with van der Waals surface area (Å²) in [5.74, 6) is 3.76. The molecule has 178 valence electrons. The molecule has 1 aliphatic carbocycles. The van der Waals surface area contributed by atoms with Crippen LogP contribution in [0.3, 0.4) is 0 Å². The van der Waals surface area contributed by atoms with Crippen LogP contribution < -0.4 is 14.4 Å². The number of amides is 1. The molecule has 2 aromatic heterocycles. The van der Waals surface area contributed by atoms with Crippen molar-refractivity contribution in [2.24, 2.45) is 0 Å². The van der Waals surface area contributed by atoms with Gasteiger partial charge in [0.05, 0.1) is 14.2 Å². The minimum atomic E-state index is -0.0321. The third kappa shape index (κ3) is 4.55. The van der Waals surface area contributed by atoms with E-state index in [0.717, 1.165) is 30.1 Å². The summed E-state index contributed by atoms with van der Waals surface area (Å²) < 4.78 is 16.1. The van der Waals surface area contributed by atoms with Crippen molar-refractivity contribution in [3.05, 3.63) is 48.0 Å². The predicted octanol–water partition coefficient (Wildman–Crippen LogP) is 3.77. The maximum atomic E-state index is 13.0. The zero-order valence-corrected chi connectivity index (χ0v) is 19.6. The highest BCUT2D eigenvalue weighted by atomic mass is 16.5. The topological polar surface area (TPSA) is 93.8 Å². The van der Waals surface area contributed by atoms with Crippen molar-refractivity contribution in [1.82, 2.24) is 20.0 Å². The second kappa shape index (κ2) is 9.70. The molecule has 1 amide bonds. The third-order valence-corrected chi connectivity index (χ3v) is 6.64. The van der Waals surface area contributed by atoms with Gasteiger partial charge in [0.15, 0.2) is 0 Å². The van der Waals surface area contributed by atoms with Crippen LogP contribution in [0, 0.1) is 0 Å². The molecule has 0 radical (unpaired) electrons. The number of piperazine rings is 1. The zero-order chi connectivity index (χ0) is 23.5. The predicted molar refractivity (Wildman–Crippen MR) is 126 cm³/mol. The van der Waals surface area contributed by atoms with Crippen LogP contribution in [0.25, 0.3) is 11.4 Å². The van der Waals surface area contributed by atoms with Crippen molar-refractivity contribution in [2.75, 3.05) is 45.3 Å². The van der Waals surface area contributed by atoms with Crippen LogP contribution in [0.2, 0.25) is 0 Å². The van der Waals surface area contributed by atoms with Gasteiger partial charge >= 0.3 is 0 Å². The Morgan fingerprint density at radius 1 is 1.00 bits per heavy atom. The fourth-order valence-electron chi connectivity index (χ4n) is 4.65. The van der Waals surface area contributed by atoms with Gasteiger partial charge in [-0.05, 0) is 37.1 Å². The number of hydrogen-bond donors (Lipinski definition) is 0. The first-order chi connectivity index (χ1) is 16.6. The molecule has 1 saturated heterocycles. The van der Waals surface area contributed by atoms with Crippen molar-refractivity contribution in [3.8, 4) is 22.9 Å². The van der Waals surface area contributed by atoms with Gasteiger partial charge in [-0.25, -0.2) is 4.98 Å². The highest BCUT2D eigenvalue weighted by Crippen LogP contribution is 2.34. The van der Waals surface area contributed by atoms with Crippen molar-refractivity contribution >= 4 is 11.7 Å². The molecule has 34 heavy (non-hydrogen) atoms. The monoisotopic (exact) mass is 463 g/mol. The lowest BCUT2D eigenvalue weighted by atomic mass is 10.1. The SMILES string of the molecule is COc1cc(OC)cc(C(=O)N2CCN(c3ccc(-c4noc(C5CCCC5)n4)cn3)CC2)c1. The molecule has 1 aromatic carbocycles. The van der Waals surface area contributed by atoms with Crippen LogP contribution in [0.5, 0.6) is 11.5 Å². The second-order valence-electron chi connectivity index (χ2n) is 8.72. The van der Waals surface area contributed by atoms with Crippen LogP contribution in [0.15, 0.2) is 41.1 Å². The van der Waals surface area contributed by atoms with Crippen molar-refractivity contribution in [2.45, 2.75) is 31.6 Å². The number of nitrogens with zero attached hydrogens (tertiary/aromatic N) is 5. The van der Waals surface area contributed by atoms with E-state index in [2.05, 4.69) is 20.0 Å². The minimum Gasteiger partial charge on any atom is -0.497 e. The highest BCUT2D eigenvalue weighted by molar-refractivity contribution is 5.95. The lowest BCUT2D eigenvalue weighted by Crippen LogP contribution is -2.49. The lowest BCUT2D eigenvalue weighted by Gasteiger charge is -2.35. The Bertz CT molecular complexity index is 1110. The summed E-state index contributed by atoms with van der Waals surface area (Å²) >= 11 is 0. The first kappa shape index (κ1) is 22.2. The normalized spacial score (nSPS) is 16.6. The van der Waals surface area contributed by atoms with E-state index in [0.29, 0.717) is 55.0 Å². The third-order valence-electron chi connectivity index (χ3n) is 6.64. The summed E-state index contributed by atoms with van der Waals surface area (Å²) in [6, 6.07) is 9.20. The number of methoxy groups -OCH3 is 2. The molecule has 2 aliphatic rings. The van der Waals surface area contributed by atoms with Crippen LogP contribution in [-0.4, -0.2) is 66.3 Å². The van der Waals surface area contributed by atoms with Gasteiger partial charge in [-0.2, -0.15) is 4.98 Å². The average molecular weight is 464 g/mol. The Balaban J connectivity index is 1.21. The molecule has 1 aliphatic heterocycles. The summed E-state index contributed by atoms with van der Waals surface area (Å²) in [6.45, 7) is 2.62. The number of rotatable bonds is 6. The summed E-state index contributed by atoms with van der Waals surface area (Å²) in [7, 11) is 3.15. The maximum absolute atomic E-state index is 13.0. The number of pyridine rings is 1. The smallest absolute Gasteiger partial charge is 0.254 e. The molecule has 1 saturated carbocycles. The molecule has 0 N–H and O–H groups in total. The second-order valence-corrected chi connectivity index (χ2v) is 8.72. The molecular weight excluding hydrogens is 434 g/mol. The van der Waals surface area contributed by atoms with Crippen LogP contribution in [-0.2, 0) is 0 Å². The minimum absolute atomic E-state index is 0.0321. The molecular formula is C25H29N5O4. The number of carbonyl (C=O) groups excluding carboxylic acids is 1. The van der Waals surface area contributed by atoms with E-state index in [1.807, 2.05) is 17.0 Å². The van der Waals surface area contributed by atoms with E-state index < -0.39 is 0 Å². The fourth-order valence-corrected chi connectivity index (χ4v) is 4.65. The van der Waals surface area contributed by atoms with Crippen LogP contribution in [0.1, 0.15) is 47.8 Å². The largest absolute Gasteiger partial charge is 0.497 e. The number of hydrogen-bond acceptors (Lipinski definition) is 8. The lowest BCUT2D eigenvalue weighted by molar-refractivity contribution is 0.0745. The molecule has 9 nitrogen and oxygen atoms in total. The molecule has 0 unspecified atom stereocenters. The quantitative estimate of drug-likeness (QED) is 0.545. The molecule has 0 spiro atoms. The van der Waals surface area contributed by atoms with E-state index in [4.69, 9.17) is 14.0 Å². The number of aromatic nitrogens is 3. The number of carbonyl (C=O) groups is 1. The van der Waals surface area contributed by atoms with Crippen molar-refractivity contribution < 1.29 is 18.8 Å². The number of benzene rings is 1. The summed E-state index contributed by atoms with van der Waals surface area (Å²) in [6.07, 6.45) is 6.49. The Morgan fingerprint density at radius 3 is 2.32 bits per heavy atom. The number of ether oxygens (including phenoxy) is 2. The first-order valence-corrected chi connectivity index (χ1v) is 11.7. The summed E-state index contributed by atoms with van der Waals surface area (Å²) in [5, 5.41) is 4.15. The van der Waals surface area contributed by atoms with E-state index in [-0.39, 0.29) is 5.91 Å². The van der Waals surface area contributed by atoms with Gasteiger partial charge in [-0.1, -0.05) is 18.0 Å². The first-order valence-electron chi connectivity index (χ1n) is 11.7. The molecule has 3 heterocycles. The maximum Gasteiger partial charge on any atom is 0.254 e. The molecule has 0 atom stereocenters. The van der Waals surface area contributed by atoms with Crippen molar-refractivity contribution in [3.63, 3.8) is 0 Å². The van der Waals surface area contributed by atoms with Gasteiger partial charge in [-0.15, -0.1) is 0 Å². The van der Waals surface area contributed by atoms with E-state index in [1.54, 1.807) is 38.6 Å². The zero-order valence-electron chi connectivity index (χ0n) is 19.6. The Kier molecular flexibility index (Phi) is 6.33. The highest BCUT2D eigenvalue weighted by Gasteiger charge is 2.25. The van der Waals surface area contributed by atoms with Gasteiger partial charge in [0.25, 0.3) is 5.91 Å². The van der Waals surface area contributed by atoms with E-state index >= 15 is 0 Å². The summed E-state index contributed by atoms with van der Waals surface area (Å²) in [5.41, 5.74) is 1.40. The molecule has 9 heteroatoms. The molecule has 0 bridgehead atoms. The van der Waals surface area contributed by atoms with E-state index in [1.165, 1.54) is 12.8 Å². The van der Waals surface area contributed by atoms with E-state index in [9.17, 15) is 4.79 Å². The Hall–Kier alpha value is -3.62. The van der Waals surface area contributed by atoms with Gasteiger partial charge in [0, 0.05) is 55.5 Å². The number of anilines is 1. The fraction of sp³-hybridized carbons (Fsp3) is 0.440. The Labute approximate surface area is 198 Å². The van der Waals surface area contributed by atoms with Crippen LogP contribution in [0.4, 0.5) is 5.82 Å². The van der Waals surface area contributed by atoms with Crippen molar-refractivity contribution in [1.29, 1.82) is 0 Å². The standard InChI is InChI=1S/C25H29N5O4/c1-32-20-13-19(14-21(15-20)33-2)25(31)30-11-9-29(10-12-30)22-8-7-18(16-26-22)23-27-24(34-28-23)17-5-3-4-6-17/h7-8,13-17H,3-6,9-12H2,1-2H3. The summed E-state index contributed by atoms with van der Waals surface area (Å²) in [4.78, 5) is 26.3. The average Bonchev–Trinajstić information content (AvgIpc) is 3.61. The van der Waals surface area contributed by atoms with Gasteiger partial charge < -0.3 is 23.8 Å². The van der Waals surface area contributed by atoms with Gasteiger partial charge in [0.2, 0.25) is 11.7 Å². The van der Waals surface area contributed by atoms with Gasteiger partial charge in [-0.3, -0.25) is 4.79 Å². The molecule has 3 aromatic rings. The molecule has 5 rings (SSSR count). The van der Waals surface area contributed by atoms with Crippen LogP contribution >= 0.6 is 0 Å². The van der Waals surface area contributed by atoms with Gasteiger partial charge in [0.1, 0.15) is 17.3 Å².